The Labute approximate surface area is 198 Å². The molecule has 6 aliphatic rings. The Bertz CT molecular complexity index is 612. The van der Waals surface area contributed by atoms with E-state index in [0.29, 0.717) is 6.10 Å². The van der Waals surface area contributed by atoms with Crippen molar-refractivity contribution >= 4 is 0 Å². The van der Waals surface area contributed by atoms with Crippen molar-refractivity contribution in [2.45, 2.75) is 140 Å². The van der Waals surface area contributed by atoms with Crippen molar-refractivity contribution in [2.24, 2.45) is 41.4 Å². The van der Waals surface area contributed by atoms with Crippen LogP contribution in [-0.2, 0) is 4.74 Å². The Kier molecular flexibility index (Phi) is 6.66. The van der Waals surface area contributed by atoms with Crippen LogP contribution in [0.25, 0.3) is 0 Å². The van der Waals surface area contributed by atoms with Crippen molar-refractivity contribution in [3.63, 3.8) is 0 Å². The normalized spacial score (nSPS) is 51.3. The van der Waals surface area contributed by atoms with Crippen molar-refractivity contribution in [1.29, 1.82) is 0 Å². The van der Waals surface area contributed by atoms with Gasteiger partial charge in [-0.25, -0.2) is 0 Å². The van der Waals surface area contributed by atoms with Crippen molar-refractivity contribution in [3.05, 3.63) is 0 Å². The second-order valence-corrected chi connectivity index (χ2v) is 13.4. The van der Waals surface area contributed by atoms with Gasteiger partial charge in [0, 0.05) is 25.2 Å². The molecule has 2 nitrogen and oxygen atoms in total. The lowest BCUT2D eigenvalue weighted by Gasteiger charge is -2.62. The lowest BCUT2D eigenvalue weighted by atomic mass is 9.47. The van der Waals surface area contributed by atoms with E-state index in [1.54, 1.807) is 51.4 Å². The van der Waals surface area contributed by atoms with Crippen LogP contribution in [-0.4, -0.2) is 36.2 Å². The van der Waals surface area contributed by atoms with Gasteiger partial charge in [-0.1, -0.05) is 26.2 Å². The van der Waals surface area contributed by atoms with Gasteiger partial charge < -0.3 is 4.74 Å². The molecule has 0 amide bonds. The van der Waals surface area contributed by atoms with Crippen LogP contribution < -0.4 is 0 Å². The van der Waals surface area contributed by atoms with Gasteiger partial charge in [-0.05, 0) is 131 Å². The summed E-state index contributed by atoms with van der Waals surface area (Å²) < 4.78 is 5.78. The zero-order valence-electron chi connectivity index (χ0n) is 21.2. The lowest BCUT2D eigenvalue weighted by Crippen LogP contribution is -2.61. The largest absolute Gasteiger partial charge is 0.381 e. The Balaban J connectivity index is 1.27. The zero-order chi connectivity index (χ0) is 21.7. The molecule has 0 aromatic heterocycles. The summed E-state index contributed by atoms with van der Waals surface area (Å²) >= 11 is 0. The van der Waals surface area contributed by atoms with Gasteiger partial charge in [0.15, 0.2) is 0 Å². The van der Waals surface area contributed by atoms with E-state index in [-0.39, 0.29) is 0 Å². The molecule has 0 bridgehead atoms. The molecular weight excluding hydrogens is 390 g/mol. The highest BCUT2D eigenvalue weighted by atomic mass is 16.5. The maximum atomic E-state index is 5.78. The average Bonchev–Trinajstić information content (AvgIpc) is 2.85. The molecule has 6 fully saturated rings. The number of methoxy groups -OCH3 is 1. The van der Waals surface area contributed by atoms with Gasteiger partial charge >= 0.3 is 0 Å². The number of nitrogens with zero attached hydrogens (tertiary/aromatic N) is 1. The first kappa shape index (κ1) is 22.4. The van der Waals surface area contributed by atoms with E-state index < -0.39 is 0 Å². The third kappa shape index (κ3) is 4.02. The fourth-order valence-electron chi connectivity index (χ4n) is 10.6. The molecule has 2 heteroatoms. The minimum atomic E-state index is 0.534. The summed E-state index contributed by atoms with van der Waals surface area (Å²) in [5.74, 6) is 7.54. The van der Waals surface area contributed by atoms with Gasteiger partial charge in [0.1, 0.15) is 0 Å². The molecule has 0 N–H and O–H groups in total. The third-order valence-corrected chi connectivity index (χ3v) is 12.0. The van der Waals surface area contributed by atoms with Crippen LogP contribution in [0.15, 0.2) is 0 Å². The minimum Gasteiger partial charge on any atom is -0.381 e. The predicted molar refractivity (Wildman–Crippen MR) is 133 cm³/mol. The maximum Gasteiger partial charge on any atom is 0.0572 e. The van der Waals surface area contributed by atoms with Gasteiger partial charge in [0.05, 0.1) is 6.10 Å². The lowest BCUT2D eigenvalue weighted by molar-refractivity contribution is -0.125. The molecule has 7 unspecified atom stereocenters. The summed E-state index contributed by atoms with van der Waals surface area (Å²) in [4.78, 5) is 3.26. The number of hydrogen-bond donors (Lipinski definition) is 0. The van der Waals surface area contributed by atoms with Crippen LogP contribution >= 0.6 is 0 Å². The van der Waals surface area contributed by atoms with Crippen molar-refractivity contribution in [2.75, 3.05) is 7.11 Å². The molecule has 0 heterocycles. The molecule has 6 rings (SSSR count). The molecule has 7 atom stereocenters. The van der Waals surface area contributed by atoms with Crippen molar-refractivity contribution in [3.8, 4) is 0 Å². The van der Waals surface area contributed by atoms with Crippen LogP contribution in [0.2, 0.25) is 0 Å². The van der Waals surface area contributed by atoms with Gasteiger partial charge in [0.2, 0.25) is 0 Å². The zero-order valence-corrected chi connectivity index (χ0v) is 21.2. The summed E-state index contributed by atoms with van der Waals surface area (Å²) in [5, 5.41) is 0. The molecule has 0 radical (unpaired) electrons. The molecule has 0 saturated heterocycles. The molecular formula is C30H51NO. The summed E-state index contributed by atoms with van der Waals surface area (Å²) in [6.07, 6.45) is 26.0. The second kappa shape index (κ2) is 9.52. The highest BCUT2D eigenvalue weighted by molar-refractivity contribution is 5.06. The minimum absolute atomic E-state index is 0.534. The van der Waals surface area contributed by atoms with Crippen molar-refractivity contribution in [1.82, 2.24) is 4.90 Å². The maximum absolute atomic E-state index is 5.78. The fraction of sp³-hybridized carbons (Fsp3) is 1.00. The predicted octanol–water partition coefficient (Wildman–Crippen LogP) is 7.46. The van der Waals surface area contributed by atoms with E-state index in [1.165, 1.54) is 57.8 Å². The van der Waals surface area contributed by atoms with E-state index in [0.717, 1.165) is 59.6 Å². The van der Waals surface area contributed by atoms with Gasteiger partial charge in [-0.15, -0.1) is 0 Å². The Morgan fingerprint density at radius 2 is 1.12 bits per heavy atom. The Hall–Kier alpha value is -0.0800. The number of hydrogen-bond acceptors (Lipinski definition) is 2. The first-order valence-electron chi connectivity index (χ1n) is 15.0. The molecule has 182 valence electrons. The smallest absolute Gasteiger partial charge is 0.0572 e. The topological polar surface area (TPSA) is 12.5 Å². The monoisotopic (exact) mass is 441 g/mol. The first-order chi connectivity index (χ1) is 15.7. The summed E-state index contributed by atoms with van der Waals surface area (Å²) in [6, 6.07) is 2.66. The number of ether oxygens (including phenoxy) is 1. The van der Waals surface area contributed by atoms with E-state index >= 15 is 0 Å². The summed E-state index contributed by atoms with van der Waals surface area (Å²) in [6.45, 7) is 2.50. The third-order valence-electron chi connectivity index (χ3n) is 12.0. The summed E-state index contributed by atoms with van der Waals surface area (Å²) in [5.41, 5.74) is 0. The number of rotatable bonds is 4. The quantitative estimate of drug-likeness (QED) is 0.449. The van der Waals surface area contributed by atoms with Gasteiger partial charge in [-0.2, -0.15) is 0 Å². The van der Waals surface area contributed by atoms with E-state index in [9.17, 15) is 0 Å². The second-order valence-electron chi connectivity index (χ2n) is 13.4. The molecule has 0 spiro atoms. The van der Waals surface area contributed by atoms with Crippen LogP contribution in [0.4, 0.5) is 0 Å². The molecule has 0 aromatic carbocycles. The molecule has 0 aliphatic heterocycles. The van der Waals surface area contributed by atoms with Gasteiger partial charge in [-0.3, -0.25) is 4.90 Å². The molecule has 0 aromatic rings. The first-order valence-corrected chi connectivity index (χ1v) is 15.0. The summed E-state index contributed by atoms with van der Waals surface area (Å²) in [7, 11) is 1.94. The standard InChI is InChI=1S/C30H51NO/c1-20-6-12-24(13-7-20)31(25-14-16-26(32-2)17-15-25)28-19-11-23-9-8-21-4-3-5-22-10-18-27(28)30(23)29(21)22/h20-30H,3-19H2,1-2H3. The van der Waals surface area contributed by atoms with Crippen LogP contribution in [0.3, 0.4) is 0 Å². The average molecular weight is 442 g/mol. The van der Waals surface area contributed by atoms with Crippen LogP contribution in [0.5, 0.6) is 0 Å². The van der Waals surface area contributed by atoms with E-state index in [4.69, 9.17) is 4.74 Å². The highest BCUT2D eigenvalue weighted by Gasteiger charge is 2.55. The SMILES string of the molecule is COC1CCC(N(C2CCC(C)CC2)C2CCC3CCC4CCCC5CCC2C3C45)CC1. The van der Waals surface area contributed by atoms with Gasteiger partial charge in [0.25, 0.3) is 0 Å². The molecule has 6 saturated carbocycles. The highest BCUT2D eigenvalue weighted by Crippen LogP contribution is 2.61. The van der Waals surface area contributed by atoms with Crippen LogP contribution in [0.1, 0.15) is 116 Å². The Morgan fingerprint density at radius 3 is 1.78 bits per heavy atom. The van der Waals surface area contributed by atoms with Crippen molar-refractivity contribution < 1.29 is 4.74 Å². The van der Waals surface area contributed by atoms with E-state index in [1.807, 2.05) is 7.11 Å². The van der Waals surface area contributed by atoms with E-state index in [2.05, 4.69) is 11.8 Å². The molecule has 32 heavy (non-hydrogen) atoms. The molecule has 6 aliphatic carbocycles. The van der Waals surface area contributed by atoms with Crippen LogP contribution in [0, 0.1) is 41.4 Å². The Morgan fingerprint density at radius 1 is 0.562 bits per heavy atom. The fourth-order valence-corrected chi connectivity index (χ4v) is 10.6.